The lowest BCUT2D eigenvalue weighted by Gasteiger charge is -2.24. The smallest absolute Gasteiger partial charge is 0.103 e. The molecule has 6 heteroatoms. The standard InChI is InChI=1S/C18H20N6/c1-18(2,3)24-17-12(7-19)8-22-16-5-4-13(6-15(16)17)21-10-14-9-20-11-23-14/h4-6,8-9,11,21H,10H2,1-3H3,(H,20,23)(H,22,24). The number of aromatic amines is 1. The fourth-order valence-corrected chi connectivity index (χ4v) is 2.48. The first-order valence-corrected chi connectivity index (χ1v) is 7.78. The number of nitrogens with one attached hydrogen (secondary N) is 3. The van der Waals surface area contributed by atoms with Crippen LogP contribution in [0.4, 0.5) is 11.4 Å². The van der Waals surface area contributed by atoms with Gasteiger partial charge in [0.05, 0.1) is 35.3 Å². The molecular formula is C18H20N6. The number of aromatic nitrogens is 3. The molecule has 1 aromatic carbocycles. The number of hydrogen-bond acceptors (Lipinski definition) is 5. The molecule has 6 nitrogen and oxygen atoms in total. The number of nitrogens with zero attached hydrogens (tertiary/aromatic N) is 3. The van der Waals surface area contributed by atoms with E-state index in [1.807, 2.05) is 18.2 Å². The second kappa shape index (κ2) is 6.20. The van der Waals surface area contributed by atoms with E-state index in [0.717, 1.165) is 28.0 Å². The Morgan fingerprint density at radius 1 is 1.25 bits per heavy atom. The molecule has 0 amide bonds. The van der Waals surface area contributed by atoms with E-state index in [4.69, 9.17) is 0 Å². The van der Waals surface area contributed by atoms with Crippen LogP contribution in [0.3, 0.4) is 0 Å². The lowest BCUT2D eigenvalue weighted by Crippen LogP contribution is -2.26. The molecule has 24 heavy (non-hydrogen) atoms. The molecule has 122 valence electrons. The Morgan fingerprint density at radius 2 is 2.08 bits per heavy atom. The van der Waals surface area contributed by atoms with E-state index in [9.17, 15) is 5.26 Å². The Morgan fingerprint density at radius 3 is 2.75 bits per heavy atom. The third-order valence-corrected chi connectivity index (χ3v) is 3.53. The number of nitriles is 1. The summed E-state index contributed by atoms with van der Waals surface area (Å²) in [5.41, 5.74) is 4.04. The van der Waals surface area contributed by atoms with Gasteiger partial charge < -0.3 is 15.6 Å². The van der Waals surface area contributed by atoms with Gasteiger partial charge in [-0.05, 0) is 39.0 Å². The summed E-state index contributed by atoms with van der Waals surface area (Å²) in [5.74, 6) is 0. The van der Waals surface area contributed by atoms with Crippen LogP contribution >= 0.6 is 0 Å². The van der Waals surface area contributed by atoms with Crippen LogP contribution < -0.4 is 10.6 Å². The molecule has 0 bridgehead atoms. The third-order valence-electron chi connectivity index (χ3n) is 3.53. The van der Waals surface area contributed by atoms with Gasteiger partial charge in [-0.15, -0.1) is 0 Å². The van der Waals surface area contributed by atoms with Gasteiger partial charge in [0.1, 0.15) is 6.07 Å². The van der Waals surface area contributed by atoms with Crippen LogP contribution in [0.15, 0.2) is 36.9 Å². The molecule has 3 N–H and O–H groups in total. The fraction of sp³-hybridized carbons (Fsp3) is 0.278. The summed E-state index contributed by atoms with van der Waals surface area (Å²) in [6.45, 7) is 6.86. The average molecular weight is 320 g/mol. The van der Waals surface area contributed by atoms with Crippen molar-refractivity contribution < 1.29 is 0 Å². The first kappa shape index (κ1) is 15.8. The maximum Gasteiger partial charge on any atom is 0.103 e. The van der Waals surface area contributed by atoms with Crippen LogP contribution in [0.1, 0.15) is 32.0 Å². The van der Waals surface area contributed by atoms with E-state index in [0.29, 0.717) is 12.1 Å². The fourth-order valence-electron chi connectivity index (χ4n) is 2.48. The zero-order valence-electron chi connectivity index (χ0n) is 14.0. The summed E-state index contributed by atoms with van der Waals surface area (Å²) in [6, 6.07) is 8.19. The Kier molecular flexibility index (Phi) is 4.09. The van der Waals surface area contributed by atoms with Crippen molar-refractivity contribution in [3.8, 4) is 6.07 Å². The van der Waals surface area contributed by atoms with Crippen molar-refractivity contribution in [2.45, 2.75) is 32.9 Å². The first-order valence-electron chi connectivity index (χ1n) is 7.78. The lowest BCUT2D eigenvalue weighted by molar-refractivity contribution is 0.634. The number of hydrogen-bond donors (Lipinski definition) is 3. The SMILES string of the molecule is CC(C)(C)Nc1c(C#N)cnc2ccc(NCc3cnc[nH]3)cc12. The molecule has 2 aromatic heterocycles. The van der Waals surface area contributed by atoms with Gasteiger partial charge in [-0.3, -0.25) is 4.98 Å². The molecular weight excluding hydrogens is 300 g/mol. The van der Waals surface area contributed by atoms with Crippen LogP contribution in [0.2, 0.25) is 0 Å². The monoisotopic (exact) mass is 320 g/mol. The predicted molar refractivity (Wildman–Crippen MR) is 95.7 cm³/mol. The van der Waals surface area contributed by atoms with Crippen molar-refractivity contribution in [1.82, 2.24) is 15.0 Å². The van der Waals surface area contributed by atoms with Crippen molar-refractivity contribution in [1.29, 1.82) is 5.26 Å². The van der Waals surface area contributed by atoms with Gasteiger partial charge in [0.15, 0.2) is 0 Å². The van der Waals surface area contributed by atoms with E-state index < -0.39 is 0 Å². The molecule has 0 aliphatic rings. The van der Waals surface area contributed by atoms with Gasteiger partial charge in [-0.2, -0.15) is 5.26 Å². The number of fused-ring (bicyclic) bond motifs is 1. The molecule has 2 heterocycles. The van der Waals surface area contributed by atoms with Gasteiger partial charge in [-0.1, -0.05) is 0 Å². The predicted octanol–water partition coefficient (Wildman–Crippen LogP) is 3.65. The van der Waals surface area contributed by atoms with Crippen LogP contribution in [0, 0.1) is 11.3 Å². The number of imidazole rings is 1. The molecule has 0 fully saturated rings. The minimum absolute atomic E-state index is 0.154. The second-order valence-corrected chi connectivity index (χ2v) is 6.70. The third kappa shape index (κ3) is 3.46. The van der Waals surface area contributed by atoms with E-state index in [1.165, 1.54) is 0 Å². The van der Waals surface area contributed by atoms with Gasteiger partial charge >= 0.3 is 0 Å². The van der Waals surface area contributed by atoms with Crippen molar-refractivity contribution in [3.63, 3.8) is 0 Å². The van der Waals surface area contributed by atoms with Gasteiger partial charge in [0.2, 0.25) is 0 Å². The molecule has 0 unspecified atom stereocenters. The van der Waals surface area contributed by atoms with Crippen LogP contribution in [0.5, 0.6) is 0 Å². The molecule has 0 aliphatic carbocycles. The maximum absolute atomic E-state index is 9.42. The highest BCUT2D eigenvalue weighted by atomic mass is 15.0. The highest BCUT2D eigenvalue weighted by molar-refractivity contribution is 5.96. The number of rotatable bonds is 4. The molecule has 0 saturated heterocycles. The molecule has 0 aliphatic heterocycles. The van der Waals surface area contributed by atoms with Gasteiger partial charge in [0, 0.05) is 29.0 Å². The van der Waals surface area contributed by atoms with E-state index in [-0.39, 0.29) is 5.54 Å². The second-order valence-electron chi connectivity index (χ2n) is 6.70. The highest BCUT2D eigenvalue weighted by Crippen LogP contribution is 2.30. The zero-order chi connectivity index (χ0) is 17.2. The topological polar surface area (TPSA) is 89.4 Å². The zero-order valence-corrected chi connectivity index (χ0v) is 14.0. The molecule has 3 rings (SSSR count). The summed E-state index contributed by atoms with van der Waals surface area (Å²) in [4.78, 5) is 11.5. The van der Waals surface area contributed by atoms with Gasteiger partial charge in [0.25, 0.3) is 0 Å². The van der Waals surface area contributed by atoms with E-state index in [1.54, 1.807) is 18.7 Å². The van der Waals surface area contributed by atoms with E-state index in [2.05, 4.69) is 52.4 Å². The Balaban J connectivity index is 1.99. The summed E-state index contributed by atoms with van der Waals surface area (Å²) in [6.07, 6.45) is 5.07. The number of H-pyrrole nitrogens is 1. The van der Waals surface area contributed by atoms with Gasteiger partial charge in [-0.25, -0.2) is 4.98 Å². The first-order chi connectivity index (χ1) is 11.5. The molecule has 3 aromatic rings. The lowest BCUT2D eigenvalue weighted by atomic mass is 10.0. The molecule has 0 radical (unpaired) electrons. The van der Waals surface area contributed by atoms with Crippen LogP contribution in [-0.2, 0) is 6.54 Å². The number of benzene rings is 1. The van der Waals surface area contributed by atoms with Crippen LogP contribution in [-0.4, -0.2) is 20.5 Å². The van der Waals surface area contributed by atoms with E-state index >= 15 is 0 Å². The minimum Gasteiger partial charge on any atom is -0.379 e. The summed E-state index contributed by atoms with van der Waals surface area (Å²) < 4.78 is 0. The summed E-state index contributed by atoms with van der Waals surface area (Å²) in [7, 11) is 0. The Hall–Kier alpha value is -3.07. The molecule has 0 saturated carbocycles. The minimum atomic E-state index is -0.154. The quantitative estimate of drug-likeness (QED) is 0.682. The normalized spacial score (nSPS) is 11.2. The van der Waals surface area contributed by atoms with Crippen molar-refractivity contribution in [2.75, 3.05) is 10.6 Å². The Labute approximate surface area is 141 Å². The average Bonchev–Trinajstić information content (AvgIpc) is 3.05. The largest absolute Gasteiger partial charge is 0.379 e. The van der Waals surface area contributed by atoms with Crippen molar-refractivity contribution in [2.24, 2.45) is 0 Å². The Bertz CT molecular complexity index is 884. The number of pyridine rings is 1. The summed E-state index contributed by atoms with van der Waals surface area (Å²) in [5, 5.41) is 17.1. The summed E-state index contributed by atoms with van der Waals surface area (Å²) >= 11 is 0. The van der Waals surface area contributed by atoms with Crippen molar-refractivity contribution >= 4 is 22.3 Å². The molecule has 0 spiro atoms. The van der Waals surface area contributed by atoms with Crippen molar-refractivity contribution in [3.05, 3.63) is 48.2 Å². The maximum atomic E-state index is 9.42. The van der Waals surface area contributed by atoms with Crippen LogP contribution in [0.25, 0.3) is 10.9 Å². The highest BCUT2D eigenvalue weighted by Gasteiger charge is 2.16. The molecule has 0 atom stereocenters. The number of anilines is 2.